The third-order valence-corrected chi connectivity index (χ3v) is 12.8. The highest BCUT2D eigenvalue weighted by Gasteiger charge is 2.41. The maximum Gasteiger partial charge on any atom is 0.743 e. The summed E-state index contributed by atoms with van der Waals surface area (Å²) in [7, 11) is -1.90. The molecule has 0 saturated carbocycles. The largest absolute Gasteiger partial charge is 0.743 e. The second kappa shape index (κ2) is 19.1. The third-order valence-electron chi connectivity index (χ3n) is 12.8. The highest BCUT2D eigenvalue weighted by molar-refractivity contribution is 6.46. The summed E-state index contributed by atoms with van der Waals surface area (Å²) < 4.78 is 130. The van der Waals surface area contributed by atoms with Crippen LogP contribution in [0.1, 0.15) is 97.3 Å². The van der Waals surface area contributed by atoms with Crippen molar-refractivity contribution in [3.05, 3.63) is 237 Å². The van der Waals surface area contributed by atoms with Gasteiger partial charge in [0.1, 0.15) is 23.1 Å². The zero-order valence-electron chi connectivity index (χ0n) is 41.0. The van der Waals surface area contributed by atoms with Gasteiger partial charge in [0.05, 0.1) is 28.2 Å². The van der Waals surface area contributed by atoms with Gasteiger partial charge < -0.3 is 13.8 Å². The van der Waals surface area contributed by atoms with Gasteiger partial charge in [-0.2, -0.15) is 26.3 Å². The van der Waals surface area contributed by atoms with Crippen LogP contribution < -0.4 is 9.31 Å². The number of aromatic nitrogens is 1. The summed E-state index contributed by atoms with van der Waals surface area (Å²) in [6.07, 6.45) is -10.1. The molecule has 73 heavy (non-hydrogen) atoms. The maximum atomic E-state index is 15.6. The van der Waals surface area contributed by atoms with E-state index < -0.39 is 53.9 Å². The van der Waals surface area contributed by atoms with E-state index >= 15 is 8.78 Å². The number of halogens is 8. The lowest BCUT2D eigenvalue weighted by Gasteiger charge is -2.25. The second-order valence-corrected chi connectivity index (χ2v) is 20.1. The summed E-state index contributed by atoms with van der Waals surface area (Å²) >= 11 is 0. The molecule has 0 unspecified atom stereocenters. The van der Waals surface area contributed by atoms with Crippen molar-refractivity contribution in [1.29, 1.82) is 0 Å². The molecule has 0 N–H and O–H groups in total. The Bertz CT molecular complexity index is 3330. The minimum atomic E-state index is -5.06. The molecule has 2 heterocycles. The Hall–Kier alpha value is -7.67. The summed E-state index contributed by atoms with van der Waals surface area (Å²) in [5.74, 6) is -4.18. The summed E-state index contributed by atoms with van der Waals surface area (Å²) in [6.45, 7) is 14.5. The molecule has 4 nitrogen and oxygen atoms in total. The van der Waals surface area contributed by atoms with Crippen molar-refractivity contribution in [3.63, 3.8) is 0 Å². The topological polar surface area (TPSA) is 35.8 Å². The van der Waals surface area contributed by atoms with E-state index in [2.05, 4.69) is 41.5 Å². The standard InChI is InChI=1S/C60H49BF8N2O2/c1-36-17-19-40(20-18-36)54-45-15-11-12-16-46(45)55(70-54)53(39-13-9-8-10-14-39)56-47(37-21-25-41(26-22-37)57(2,3)4)35-52(38-23-27-42(28-24-38)58(5,6)7)71(56)61(72-43-29-31-48(50(62)33-43)59(64,65)66)73-44-30-32-49(51(63)34-44)60(67,68)69/h8-35H,1-7H3/b55-53-. The van der Waals surface area contributed by atoms with Gasteiger partial charge in [-0.1, -0.05) is 174 Å². The Morgan fingerprint density at radius 3 is 1.44 bits per heavy atom. The molecule has 1 aliphatic heterocycles. The minimum Gasteiger partial charge on any atom is -0.506 e. The Balaban J connectivity index is 1.44. The first-order chi connectivity index (χ1) is 34.5. The molecule has 1 aliphatic rings. The number of fused-ring (bicyclic) bond motifs is 1. The van der Waals surface area contributed by atoms with Crippen LogP contribution in [0, 0.1) is 18.6 Å². The van der Waals surface area contributed by atoms with Gasteiger partial charge in [-0.15, -0.1) is 0 Å². The Morgan fingerprint density at radius 2 is 0.959 bits per heavy atom. The van der Waals surface area contributed by atoms with Gasteiger partial charge in [-0.25, -0.2) is 13.8 Å². The molecule has 0 fully saturated rings. The van der Waals surface area contributed by atoms with E-state index in [9.17, 15) is 26.3 Å². The normalized spacial score (nSPS) is 13.7. The lowest BCUT2D eigenvalue weighted by molar-refractivity contribution is -0.140. The molecule has 370 valence electrons. The second-order valence-electron chi connectivity index (χ2n) is 20.1. The average Bonchev–Trinajstić information content (AvgIpc) is 3.91. The number of hydrogen-bond donors (Lipinski definition) is 0. The van der Waals surface area contributed by atoms with Crippen LogP contribution in [0.4, 0.5) is 35.1 Å². The number of rotatable bonds is 10. The molecule has 9 rings (SSSR count). The van der Waals surface area contributed by atoms with Gasteiger partial charge in [0, 0.05) is 45.7 Å². The highest BCUT2D eigenvalue weighted by atomic mass is 19.4. The van der Waals surface area contributed by atoms with E-state index in [0.717, 1.165) is 45.5 Å². The minimum absolute atomic E-state index is 0.236. The van der Waals surface area contributed by atoms with Crippen LogP contribution in [-0.4, -0.2) is 17.4 Å². The fourth-order valence-corrected chi connectivity index (χ4v) is 8.93. The van der Waals surface area contributed by atoms with Crippen LogP contribution in [0.25, 0.3) is 33.7 Å². The SMILES string of the molecule is Cc1ccc(C2=N/C(=C(/c3ccccc3)c3c(-c4ccc(C(C)(C)C)cc4)cc(-c4ccc(C(C)(C)C)cc4)n3B(Oc3ccc(C(F)(F)F)c(F)c3)Oc3ccc(C(F)(F)F)c(F)c3)c3ccccc32)cc1. The van der Waals surface area contributed by atoms with Crippen molar-refractivity contribution in [1.82, 2.24) is 4.48 Å². The van der Waals surface area contributed by atoms with Crippen molar-refractivity contribution in [2.24, 2.45) is 4.99 Å². The summed E-state index contributed by atoms with van der Waals surface area (Å²) in [4.78, 5) is 5.46. The van der Waals surface area contributed by atoms with Crippen molar-refractivity contribution in [2.75, 3.05) is 0 Å². The molecule has 1 aromatic heterocycles. The zero-order chi connectivity index (χ0) is 52.2. The van der Waals surface area contributed by atoms with E-state index in [1.165, 1.54) is 0 Å². The number of aryl methyl sites for hydroxylation is 1. The van der Waals surface area contributed by atoms with E-state index in [0.29, 0.717) is 74.9 Å². The van der Waals surface area contributed by atoms with Crippen molar-refractivity contribution in [3.8, 4) is 33.9 Å². The molecule has 0 amide bonds. The number of benzene rings is 7. The fraction of sp³-hybridized carbons (Fsp3) is 0.183. The van der Waals surface area contributed by atoms with Crippen LogP contribution in [0.3, 0.4) is 0 Å². The molecular weight excluding hydrogens is 943 g/mol. The maximum absolute atomic E-state index is 15.6. The number of nitrogens with zero attached hydrogens (tertiary/aromatic N) is 2. The summed E-state index contributed by atoms with van der Waals surface area (Å²) in [5.41, 5.74) is 6.92. The van der Waals surface area contributed by atoms with Crippen LogP contribution in [0.5, 0.6) is 11.5 Å². The molecule has 0 aliphatic carbocycles. The Kier molecular flexibility index (Phi) is 13.1. The monoisotopic (exact) mass is 992 g/mol. The number of hydrogen-bond acceptors (Lipinski definition) is 3. The van der Waals surface area contributed by atoms with E-state index in [4.69, 9.17) is 14.3 Å². The van der Waals surface area contributed by atoms with Gasteiger partial charge in [-0.05, 0) is 75.9 Å². The zero-order valence-corrected chi connectivity index (χ0v) is 41.0. The lowest BCUT2D eigenvalue weighted by atomic mass is 9.85. The molecule has 0 bridgehead atoms. The van der Waals surface area contributed by atoms with Crippen molar-refractivity contribution < 1.29 is 44.4 Å². The summed E-state index contributed by atoms with van der Waals surface area (Å²) in [5, 5.41) is 0. The molecular formula is C60H49BF8N2O2. The van der Waals surface area contributed by atoms with E-state index in [1.807, 2.05) is 140 Å². The van der Waals surface area contributed by atoms with Crippen molar-refractivity contribution in [2.45, 2.75) is 71.6 Å². The van der Waals surface area contributed by atoms with Crippen LogP contribution in [0.2, 0.25) is 0 Å². The number of alkyl halides is 6. The average molecular weight is 993 g/mol. The van der Waals surface area contributed by atoms with Gasteiger partial charge in [-0.3, -0.25) is 0 Å². The van der Waals surface area contributed by atoms with E-state index in [1.54, 1.807) is 4.48 Å². The lowest BCUT2D eigenvalue weighted by Crippen LogP contribution is -2.40. The smallest absolute Gasteiger partial charge is 0.506 e. The molecule has 8 aromatic rings. The van der Waals surface area contributed by atoms with Gasteiger partial charge in [0.25, 0.3) is 0 Å². The van der Waals surface area contributed by atoms with Gasteiger partial charge in [0.2, 0.25) is 0 Å². The predicted octanol–water partition coefficient (Wildman–Crippen LogP) is 16.8. The third kappa shape index (κ3) is 10.4. The highest BCUT2D eigenvalue weighted by Crippen LogP contribution is 2.47. The summed E-state index contributed by atoms with van der Waals surface area (Å²) in [6, 6.07) is 46.7. The van der Waals surface area contributed by atoms with E-state index in [-0.39, 0.29) is 10.8 Å². The molecule has 7 aromatic carbocycles. The molecule has 0 saturated heterocycles. The first-order valence-corrected chi connectivity index (χ1v) is 23.5. The quantitative estimate of drug-likeness (QED) is 0.101. The predicted molar refractivity (Wildman–Crippen MR) is 274 cm³/mol. The molecule has 0 atom stereocenters. The fourth-order valence-electron chi connectivity index (χ4n) is 8.93. The van der Waals surface area contributed by atoms with Crippen LogP contribution in [-0.2, 0) is 23.2 Å². The molecule has 0 spiro atoms. The first kappa shape index (κ1) is 50.3. The van der Waals surface area contributed by atoms with Gasteiger partial charge >= 0.3 is 19.6 Å². The Morgan fingerprint density at radius 1 is 0.493 bits per heavy atom. The Labute approximate surface area is 419 Å². The van der Waals surface area contributed by atoms with Gasteiger partial charge in [0.15, 0.2) is 0 Å². The molecule has 0 radical (unpaired) electrons. The van der Waals surface area contributed by atoms with Crippen molar-refractivity contribution >= 4 is 24.2 Å². The first-order valence-electron chi connectivity index (χ1n) is 23.5. The molecule has 13 heteroatoms. The van der Waals surface area contributed by atoms with Crippen LogP contribution in [0.15, 0.2) is 175 Å². The van der Waals surface area contributed by atoms with Crippen LogP contribution >= 0.6 is 0 Å². The number of aliphatic imine (C=N–C) groups is 1.